The summed E-state index contributed by atoms with van der Waals surface area (Å²) >= 11 is 0. The maximum Gasteiger partial charge on any atom is 0.328 e. The summed E-state index contributed by atoms with van der Waals surface area (Å²) in [6, 6.07) is 5.27. The molecule has 0 unspecified atom stereocenters. The van der Waals surface area contributed by atoms with E-state index in [0.29, 0.717) is 25.3 Å². The summed E-state index contributed by atoms with van der Waals surface area (Å²) in [6.45, 7) is 5.18. The summed E-state index contributed by atoms with van der Waals surface area (Å²) in [5, 5.41) is 0. The van der Waals surface area contributed by atoms with Gasteiger partial charge in [-0.05, 0) is 33.0 Å². The molecule has 0 amide bonds. The van der Waals surface area contributed by atoms with Gasteiger partial charge in [0.15, 0.2) is 0 Å². The molecule has 2 heterocycles. The maximum atomic E-state index is 11.7. The minimum absolute atomic E-state index is 0.270. The Morgan fingerprint density at radius 1 is 1.30 bits per heavy atom. The Kier molecular flexibility index (Phi) is 4.24. The monoisotopic (exact) mass is 277 g/mol. The quantitative estimate of drug-likeness (QED) is 0.880. The van der Waals surface area contributed by atoms with Crippen LogP contribution in [-0.4, -0.2) is 28.0 Å². The highest BCUT2D eigenvalue weighted by Crippen LogP contribution is 2.08. The van der Waals surface area contributed by atoms with Gasteiger partial charge in [0.05, 0.1) is 6.54 Å². The highest BCUT2D eigenvalue weighted by Gasteiger charge is 2.07. The first-order chi connectivity index (χ1) is 9.45. The predicted octanol–water partition coefficient (Wildman–Crippen LogP) is 0.878. The zero-order valence-corrected chi connectivity index (χ0v) is 12.0. The molecule has 6 nitrogen and oxygen atoms in total. The molecule has 108 valence electrons. The lowest BCUT2D eigenvalue weighted by molar-refractivity contribution is 0.278. The summed E-state index contributed by atoms with van der Waals surface area (Å²) in [5.41, 5.74) is -0.0543. The molecule has 0 radical (unpaired) electrons. The molecule has 20 heavy (non-hydrogen) atoms. The van der Waals surface area contributed by atoms with E-state index in [0.717, 1.165) is 11.5 Å². The smallest absolute Gasteiger partial charge is 0.328 e. The number of hydrogen-bond donors (Lipinski definition) is 1. The normalized spacial score (nSPS) is 11.2. The second kappa shape index (κ2) is 5.92. The van der Waals surface area contributed by atoms with E-state index in [4.69, 9.17) is 4.42 Å². The number of aromatic nitrogens is 2. The number of nitrogens with one attached hydrogen (secondary N) is 1. The molecule has 0 atom stereocenters. The number of nitrogens with zero attached hydrogens (tertiary/aromatic N) is 2. The Bertz CT molecular complexity index is 665. The van der Waals surface area contributed by atoms with Gasteiger partial charge >= 0.3 is 5.69 Å². The molecule has 1 N–H and O–H groups in total. The predicted molar refractivity (Wildman–Crippen MR) is 75.8 cm³/mol. The summed E-state index contributed by atoms with van der Waals surface area (Å²) in [6.07, 6.45) is 0. The molecular formula is C14H19N3O3. The van der Waals surface area contributed by atoms with E-state index >= 15 is 0 Å². The van der Waals surface area contributed by atoms with Crippen LogP contribution in [0.15, 0.2) is 32.2 Å². The van der Waals surface area contributed by atoms with Crippen molar-refractivity contribution in [3.05, 3.63) is 56.3 Å². The SMILES string of the molecule is Cc1cc(=O)n(CCN(C)Cc2ccc(C)o2)c(=O)[nH]1. The van der Waals surface area contributed by atoms with Gasteiger partial charge in [-0.15, -0.1) is 0 Å². The van der Waals surface area contributed by atoms with Crippen molar-refractivity contribution in [3.63, 3.8) is 0 Å². The van der Waals surface area contributed by atoms with Crippen LogP contribution in [0.5, 0.6) is 0 Å². The van der Waals surface area contributed by atoms with Crippen molar-refractivity contribution in [3.8, 4) is 0 Å². The number of aryl methyl sites for hydroxylation is 2. The van der Waals surface area contributed by atoms with Crippen LogP contribution in [0.3, 0.4) is 0 Å². The van der Waals surface area contributed by atoms with Gasteiger partial charge in [0.1, 0.15) is 11.5 Å². The van der Waals surface area contributed by atoms with Crippen LogP contribution in [0.25, 0.3) is 0 Å². The van der Waals surface area contributed by atoms with Crippen molar-refractivity contribution in [1.29, 1.82) is 0 Å². The molecule has 2 aromatic heterocycles. The third-order valence-electron chi connectivity index (χ3n) is 3.08. The molecule has 0 aliphatic carbocycles. The highest BCUT2D eigenvalue weighted by atomic mass is 16.3. The lowest BCUT2D eigenvalue weighted by atomic mass is 10.4. The van der Waals surface area contributed by atoms with Crippen molar-refractivity contribution in [2.24, 2.45) is 0 Å². The van der Waals surface area contributed by atoms with E-state index in [1.54, 1.807) is 6.92 Å². The van der Waals surface area contributed by atoms with Gasteiger partial charge in [0.2, 0.25) is 0 Å². The van der Waals surface area contributed by atoms with Crippen LogP contribution in [0.2, 0.25) is 0 Å². The first kappa shape index (κ1) is 14.3. The van der Waals surface area contributed by atoms with Crippen LogP contribution < -0.4 is 11.2 Å². The third kappa shape index (κ3) is 3.48. The molecule has 0 aliphatic heterocycles. The lowest BCUT2D eigenvalue weighted by Crippen LogP contribution is -2.38. The Hall–Kier alpha value is -2.08. The second-order valence-corrected chi connectivity index (χ2v) is 5.00. The molecular weight excluding hydrogens is 258 g/mol. The van der Waals surface area contributed by atoms with Crippen LogP contribution in [0, 0.1) is 13.8 Å². The van der Waals surface area contributed by atoms with Gasteiger partial charge in [0.25, 0.3) is 5.56 Å². The van der Waals surface area contributed by atoms with Gasteiger partial charge in [-0.3, -0.25) is 14.3 Å². The van der Waals surface area contributed by atoms with E-state index in [1.165, 1.54) is 10.6 Å². The zero-order valence-electron chi connectivity index (χ0n) is 12.0. The number of hydrogen-bond acceptors (Lipinski definition) is 4. The van der Waals surface area contributed by atoms with E-state index < -0.39 is 0 Å². The number of aromatic amines is 1. The van der Waals surface area contributed by atoms with Crippen LogP contribution >= 0.6 is 0 Å². The van der Waals surface area contributed by atoms with Crippen molar-refractivity contribution >= 4 is 0 Å². The molecule has 0 saturated carbocycles. The van der Waals surface area contributed by atoms with E-state index in [2.05, 4.69) is 4.98 Å². The molecule has 2 rings (SSSR count). The third-order valence-corrected chi connectivity index (χ3v) is 3.08. The number of likely N-dealkylation sites (N-methyl/N-ethyl adjacent to an activating group) is 1. The van der Waals surface area contributed by atoms with Crippen LogP contribution in [0.4, 0.5) is 0 Å². The Balaban J connectivity index is 1.98. The summed E-state index contributed by atoms with van der Waals surface area (Å²) in [4.78, 5) is 28.1. The minimum Gasteiger partial charge on any atom is -0.465 e. The number of H-pyrrole nitrogens is 1. The molecule has 0 spiro atoms. The van der Waals surface area contributed by atoms with E-state index in [1.807, 2.05) is 31.0 Å². The molecule has 6 heteroatoms. The fourth-order valence-corrected chi connectivity index (χ4v) is 2.03. The Morgan fingerprint density at radius 3 is 2.65 bits per heavy atom. The fraction of sp³-hybridized carbons (Fsp3) is 0.429. The number of rotatable bonds is 5. The van der Waals surface area contributed by atoms with Crippen LogP contribution in [-0.2, 0) is 13.1 Å². The molecule has 0 fully saturated rings. The largest absolute Gasteiger partial charge is 0.465 e. The summed E-state index contributed by atoms with van der Waals surface area (Å²) < 4.78 is 6.70. The lowest BCUT2D eigenvalue weighted by Gasteiger charge is -2.15. The molecule has 2 aromatic rings. The highest BCUT2D eigenvalue weighted by molar-refractivity contribution is 5.05. The molecule has 0 aromatic carbocycles. The standard InChI is InChI=1S/C14H19N3O3/c1-10-8-13(18)17(14(19)15-10)7-6-16(3)9-12-5-4-11(2)20-12/h4-5,8H,6-7,9H2,1-3H3,(H,15,19). The minimum atomic E-state index is -0.364. The van der Waals surface area contributed by atoms with Crippen molar-refractivity contribution < 1.29 is 4.42 Å². The maximum absolute atomic E-state index is 11.7. The van der Waals surface area contributed by atoms with Crippen molar-refractivity contribution in [1.82, 2.24) is 14.5 Å². The topological polar surface area (TPSA) is 71.2 Å². The van der Waals surface area contributed by atoms with Crippen molar-refractivity contribution in [2.45, 2.75) is 26.9 Å². The van der Waals surface area contributed by atoms with Gasteiger partial charge in [-0.2, -0.15) is 0 Å². The fourth-order valence-electron chi connectivity index (χ4n) is 2.03. The van der Waals surface area contributed by atoms with E-state index in [9.17, 15) is 9.59 Å². The first-order valence-electron chi connectivity index (χ1n) is 6.50. The van der Waals surface area contributed by atoms with Crippen molar-refractivity contribution in [2.75, 3.05) is 13.6 Å². The average Bonchev–Trinajstić information content (AvgIpc) is 2.73. The molecule has 0 saturated heterocycles. The van der Waals surface area contributed by atoms with E-state index in [-0.39, 0.29) is 11.2 Å². The summed E-state index contributed by atoms with van der Waals surface area (Å²) in [7, 11) is 1.92. The van der Waals surface area contributed by atoms with Gasteiger partial charge in [-0.25, -0.2) is 4.79 Å². The Labute approximate surface area is 116 Å². The Morgan fingerprint density at radius 2 is 2.05 bits per heavy atom. The zero-order chi connectivity index (χ0) is 14.7. The molecule has 0 bridgehead atoms. The van der Waals surface area contributed by atoms with Gasteiger partial charge in [0, 0.05) is 24.8 Å². The van der Waals surface area contributed by atoms with Gasteiger partial charge in [-0.1, -0.05) is 0 Å². The van der Waals surface area contributed by atoms with Gasteiger partial charge < -0.3 is 9.40 Å². The summed E-state index contributed by atoms with van der Waals surface area (Å²) in [5.74, 6) is 1.75. The molecule has 0 aliphatic rings. The van der Waals surface area contributed by atoms with Crippen LogP contribution in [0.1, 0.15) is 17.2 Å². The number of furan rings is 1. The second-order valence-electron chi connectivity index (χ2n) is 5.00. The first-order valence-corrected chi connectivity index (χ1v) is 6.50. The average molecular weight is 277 g/mol.